The second kappa shape index (κ2) is 4.77. The fourth-order valence-corrected chi connectivity index (χ4v) is 3.29. The molecule has 0 saturated carbocycles. The SMILES string of the molecule is CCN1C=CN(c2c(C)ccc3c2oc2ccncc23)[C@H]1C. The molecule has 0 aliphatic carbocycles. The van der Waals surface area contributed by atoms with Gasteiger partial charge < -0.3 is 14.2 Å². The van der Waals surface area contributed by atoms with E-state index in [1.165, 1.54) is 5.56 Å². The lowest BCUT2D eigenvalue weighted by Crippen LogP contribution is -2.36. The van der Waals surface area contributed by atoms with Crippen molar-refractivity contribution in [3.63, 3.8) is 0 Å². The third-order valence-corrected chi connectivity index (χ3v) is 4.54. The number of hydrogen-bond acceptors (Lipinski definition) is 4. The largest absolute Gasteiger partial charge is 0.454 e. The van der Waals surface area contributed by atoms with E-state index in [1.54, 1.807) is 6.20 Å². The monoisotopic (exact) mass is 293 g/mol. The van der Waals surface area contributed by atoms with Gasteiger partial charge in [-0.05, 0) is 32.4 Å². The standard InChI is InChI=1S/C18H19N3O/c1-4-20-9-10-21(13(20)3)17-12(2)5-6-14-15-11-19-8-7-16(15)22-18(14)17/h5-11,13H,4H2,1-3H3/t13-/m0/s1. The van der Waals surface area contributed by atoms with Crippen molar-refractivity contribution in [1.29, 1.82) is 0 Å². The van der Waals surface area contributed by atoms with Crippen molar-refractivity contribution in [2.24, 2.45) is 0 Å². The second-order valence-corrected chi connectivity index (χ2v) is 5.75. The fraction of sp³-hybridized carbons (Fsp3) is 0.278. The van der Waals surface area contributed by atoms with E-state index in [9.17, 15) is 0 Å². The summed E-state index contributed by atoms with van der Waals surface area (Å²) >= 11 is 0. The molecule has 0 saturated heterocycles. The molecule has 0 radical (unpaired) electrons. The molecule has 2 aromatic heterocycles. The molecule has 0 bridgehead atoms. The molecule has 4 rings (SSSR count). The maximum atomic E-state index is 6.16. The quantitative estimate of drug-likeness (QED) is 0.707. The van der Waals surface area contributed by atoms with Gasteiger partial charge in [-0.3, -0.25) is 4.98 Å². The molecular weight excluding hydrogens is 274 g/mol. The highest BCUT2D eigenvalue weighted by Crippen LogP contribution is 2.39. The predicted molar refractivity (Wildman–Crippen MR) is 89.7 cm³/mol. The van der Waals surface area contributed by atoms with E-state index < -0.39 is 0 Å². The van der Waals surface area contributed by atoms with Gasteiger partial charge in [-0.1, -0.05) is 12.1 Å². The summed E-state index contributed by atoms with van der Waals surface area (Å²) in [7, 11) is 0. The molecule has 0 unspecified atom stereocenters. The predicted octanol–water partition coefficient (Wildman–Crippen LogP) is 4.25. The van der Waals surface area contributed by atoms with Gasteiger partial charge in [0.25, 0.3) is 0 Å². The molecule has 1 atom stereocenters. The first-order chi connectivity index (χ1) is 10.7. The molecule has 0 fully saturated rings. The van der Waals surface area contributed by atoms with Gasteiger partial charge in [-0.25, -0.2) is 0 Å². The van der Waals surface area contributed by atoms with E-state index >= 15 is 0 Å². The lowest BCUT2D eigenvalue weighted by molar-refractivity contribution is 0.334. The summed E-state index contributed by atoms with van der Waals surface area (Å²) in [6.45, 7) is 7.51. The normalized spacial score (nSPS) is 18.0. The molecule has 4 nitrogen and oxygen atoms in total. The molecule has 3 aromatic rings. The Labute approximate surface area is 129 Å². The Kier molecular flexibility index (Phi) is 2.86. The van der Waals surface area contributed by atoms with Crippen LogP contribution in [0.1, 0.15) is 19.4 Å². The van der Waals surface area contributed by atoms with E-state index in [1.807, 2.05) is 12.3 Å². The number of pyridine rings is 1. The average Bonchev–Trinajstić information content (AvgIpc) is 3.08. The zero-order valence-corrected chi connectivity index (χ0v) is 13.1. The molecule has 0 N–H and O–H groups in total. The number of fused-ring (bicyclic) bond motifs is 3. The van der Waals surface area contributed by atoms with Gasteiger partial charge in [0.15, 0.2) is 5.58 Å². The highest BCUT2D eigenvalue weighted by molar-refractivity contribution is 6.09. The van der Waals surface area contributed by atoms with Crippen LogP contribution in [0.2, 0.25) is 0 Å². The maximum absolute atomic E-state index is 6.16. The number of benzene rings is 1. The number of anilines is 1. The van der Waals surface area contributed by atoms with E-state index in [2.05, 4.69) is 60.1 Å². The second-order valence-electron chi connectivity index (χ2n) is 5.75. The number of rotatable bonds is 2. The van der Waals surface area contributed by atoms with Crippen molar-refractivity contribution in [1.82, 2.24) is 9.88 Å². The van der Waals surface area contributed by atoms with Gasteiger partial charge in [-0.2, -0.15) is 0 Å². The number of nitrogens with zero attached hydrogens (tertiary/aromatic N) is 3. The summed E-state index contributed by atoms with van der Waals surface area (Å²) in [5, 5.41) is 2.20. The van der Waals surface area contributed by atoms with Crippen LogP contribution in [-0.2, 0) is 0 Å². The van der Waals surface area contributed by atoms with Crippen molar-refractivity contribution in [3.8, 4) is 0 Å². The van der Waals surface area contributed by atoms with Crippen LogP contribution in [0, 0.1) is 6.92 Å². The minimum Gasteiger partial charge on any atom is -0.454 e. The van der Waals surface area contributed by atoms with Crippen molar-refractivity contribution in [3.05, 3.63) is 48.6 Å². The summed E-state index contributed by atoms with van der Waals surface area (Å²) in [5.41, 5.74) is 4.19. The first-order valence-corrected chi connectivity index (χ1v) is 7.69. The highest BCUT2D eigenvalue weighted by Gasteiger charge is 2.26. The van der Waals surface area contributed by atoms with Gasteiger partial charge in [0.1, 0.15) is 11.7 Å². The van der Waals surface area contributed by atoms with Crippen LogP contribution >= 0.6 is 0 Å². The molecule has 1 aliphatic rings. The van der Waals surface area contributed by atoms with E-state index in [0.29, 0.717) is 6.17 Å². The third kappa shape index (κ3) is 1.73. The Hall–Kier alpha value is -2.49. The Bertz CT molecular complexity index is 881. The van der Waals surface area contributed by atoms with Crippen molar-refractivity contribution in [2.75, 3.05) is 11.4 Å². The van der Waals surface area contributed by atoms with Crippen molar-refractivity contribution in [2.45, 2.75) is 26.9 Å². The topological polar surface area (TPSA) is 32.5 Å². The fourth-order valence-electron chi connectivity index (χ4n) is 3.29. The van der Waals surface area contributed by atoms with Gasteiger partial charge >= 0.3 is 0 Å². The molecule has 0 amide bonds. The van der Waals surface area contributed by atoms with E-state index in [-0.39, 0.29) is 0 Å². The Morgan fingerprint density at radius 2 is 2.05 bits per heavy atom. The zero-order chi connectivity index (χ0) is 15.3. The summed E-state index contributed by atoms with van der Waals surface area (Å²) in [6.07, 6.45) is 8.23. The molecular formula is C18H19N3O. The van der Waals surface area contributed by atoms with E-state index in [4.69, 9.17) is 4.42 Å². The van der Waals surface area contributed by atoms with Crippen LogP contribution in [0.5, 0.6) is 0 Å². The van der Waals surface area contributed by atoms with Gasteiger partial charge in [0.2, 0.25) is 0 Å². The van der Waals surface area contributed by atoms with Crippen LogP contribution in [0.15, 0.2) is 47.4 Å². The van der Waals surface area contributed by atoms with Gasteiger partial charge in [0.05, 0.1) is 5.69 Å². The molecule has 22 heavy (non-hydrogen) atoms. The van der Waals surface area contributed by atoms with Crippen LogP contribution in [-0.4, -0.2) is 22.6 Å². The lowest BCUT2D eigenvalue weighted by Gasteiger charge is -2.29. The maximum Gasteiger partial charge on any atom is 0.159 e. The van der Waals surface area contributed by atoms with Crippen LogP contribution in [0.4, 0.5) is 5.69 Å². The van der Waals surface area contributed by atoms with Crippen LogP contribution in [0.3, 0.4) is 0 Å². The summed E-state index contributed by atoms with van der Waals surface area (Å²) in [6, 6.07) is 6.22. The minimum absolute atomic E-state index is 0.292. The number of aryl methyl sites for hydroxylation is 1. The van der Waals surface area contributed by atoms with Crippen molar-refractivity contribution < 1.29 is 4.42 Å². The smallest absolute Gasteiger partial charge is 0.159 e. The molecule has 112 valence electrons. The third-order valence-electron chi connectivity index (χ3n) is 4.54. The molecule has 0 spiro atoms. The summed E-state index contributed by atoms with van der Waals surface area (Å²) in [4.78, 5) is 8.83. The highest BCUT2D eigenvalue weighted by atomic mass is 16.3. The first kappa shape index (κ1) is 13.2. The summed E-state index contributed by atoms with van der Waals surface area (Å²) in [5.74, 6) is 0. The first-order valence-electron chi connectivity index (χ1n) is 7.69. The van der Waals surface area contributed by atoms with Gasteiger partial charge in [0, 0.05) is 42.1 Å². The molecule has 3 heterocycles. The average molecular weight is 293 g/mol. The van der Waals surface area contributed by atoms with Crippen molar-refractivity contribution >= 4 is 27.6 Å². The molecule has 1 aromatic carbocycles. The van der Waals surface area contributed by atoms with Gasteiger partial charge in [-0.15, -0.1) is 0 Å². The molecule has 1 aliphatic heterocycles. The van der Waals surface area contributed by atoms with Crippen LogP contribution < -0.4 is 4.90 Å². The zero-order valence-electron chi connectivity index (χ0n) is 13.1. The number of hydrogen-bond donors (Lipinski definition) is 0. The minimum atomic E-state index is 0.292. The number of aromatic nitrogens is 1. The Morgan fingerprint density at radius 3 is 2.82 bits per heavy atom. The Morgan fingerprint density at radius 1 is 1.18 bits per heavy atom. The van der Waals surface area contributed by atoms with Crippen LogP contribution in [0.25, 0.3) is 21.9 Å². The summed E-state index contributed by atoms with van der Waals surface area (Å²) < 4.78 is 6.16. The Balaban J connectivity index is 1.97. The number of furan rings is 1. The lowest BCUT2D eigenvalue weighted by atomic mass is 10.1. The van der Waals surface area contributed by atoms with E-state index in [0.717, 1.165) is 34.2 Å². The molecule has 4 heteroatoms.